The van der Waals surface area contributed by atoms with Gasteiger partial charge in [-0.25, -0.2) is 4.98 Å². The fourth-order valence-corrected chi connectivity index (χ4v) is 3.70. The van der Waals surface area contributed by atoms with Crippen LogP contribution in [-0.4, -0.2) is 47.9 Å². The summed E-state index contributed by atoms with van der Waals surface area (Å²) in [5.74, 6) is -0.970. The first kappa shape index (κ1) is 23.9. The molecular formula is C24H28N6O3. The minimum Gasteiger partial charge on any atom is -0.343 e. The van der Waals surface area contributed by atoms with Gasteiger partial charge in [-0.1, -0.05) is 32.0 Å². The standard InChI is InChI=1S/C24H28N6O3/c1-14(2)20(29-22(31)15(3)26-4)24(33)30-19(12-16-9-7-11-27-21(16)30)23(32)28-18-10-6-5-8-17(18)13-25/h5-11,14-15,19-20,26H,12H2,1-4H3,(H,28,32)(H,29,31)/t15-,19?,20?/m0/s1. The van der Waals surface area contributed by atoms with Gasteiger partial charge in [0.25, 0.3) is 5.91 Å². The average Bonchev–Trinajstić information content (AvgIpc) is 3.21. The van der Waals surface area contributed by atoms with E-state index in [-0.39, 0.29) is 18.2 Å². The average molecular weight is 449 g/mol. The molecule has 3 amide bonds. The molecule has 9 nitrogen and oxygen atoms in total. The van der Waals surface area contributed by atoms with Crippen molar-refractivity contribution in [2.75, 3.05) is 17.3 Å². The molecule has 33 heavy (non-hydrogen) atoms. The summed E-state index contributed by atoms with van der Waals surface area (Å²) in [4.78, 5) is 45.2. The Morgan fingerprint density at radius 1 is 1.15 bits per heavy atom. The van der Waals surface area contributed by atoms with E-state index in [0.717, 1.165) is 5.56 Å². The minimum absolute atomic E-state index is 0.221. The molecule has 1 aliphatic heterocycles. The fourth-order valence-electron chi connectivity index (χ4n) is 3.70. The van der Waals surface area contributed by atoms with Gasteiger partial charge in [0.15, 0.2) is 0 Å². The van der Waals surface area contributed by atoms with E-state index in [4.69, 9.17) is 0 Å². The van der Waals surface area contributed by atoms with E-state index in [1.54, 1.807) is 50.5 Å². The molecule has 1 aromatic heterocycles. The maximum atomic E-state index is 13.7. The Morgan fingerprint density at radius 3 is 2.55 bits per heavy atom. The molecule has 2 unspecified atom stereocenters. The minimum atomic E-state index is -0.867. The highest BCUT2D eigenvalue weighted by atomic mass is 16.2. The fraction of sp³-hybridized carbons (Fsp3) is 0.375. The Kier molecular flexibility index (Phi) is 7.41. The van der Waals surface area contributed by atoms with Gasteiger partial charge in [0, 0.05) is 12.6 Å². The number of fused-ring (bicyclic) bond motifs is 1. The van der Waals surface area contributed by atoms with Crippen LogP contribution in [0.1, 0.15) is 31.9 Å². The highest BCUT2D eigenvalue weighted by Gasteiger charge is 2.43. The number of hydrogen-bond donors (Lipinski definition) is 3. The highest BCUT2D eigenvalue weighted by molar-refractivity contribution is 6.09. The van der Waals surface area contributed by atoms with Crippen molar-refractivity contribution in [1.29, 1.82) is 5.26 Å². The second-order valence-corrected chi connectivity index (χ2v) is 8.30. The number of hydrogen-bond acceptors (Lipinski definition) is 6. The van der Waals surface area contributed by atoms with Crippen molar-refractivity contribution in [2.45, 2.75) is 45.3 Å². The third-order valence-corrected chi connectivity index (χ3v) is 5.72. The number of para-hydroxylation sites is 1. The van der Waals surface area contributed by atoms with Gasteiger partial charge in [0.05, 0.1) is 17.3 Å². The lowest BCUT2D eigenvalue weighted by Crippen LogP contribution is -2.57. The van der Waals surface area contributed by atoms with Crippen LogP contribution in [0, 0.1) is 17.2 Å². The first-order valence-electron chi connectivity index (χ1n) is 10.8. The lowest BCUT2D eigenvalue weighted by molar-refractivity contribution is -0.130. The van der Waals surface area contributed by atoms with Gasteiger partial charge in [-0.3, -0.25) is 19.3 Å². The second kappa shape index (κ2) is 10.2. The van der Waals surface area contributed by atoms with Crippen LogP contribution in [-0.2, 0) is 20.8 Å². The van der Waals surface area contributed by atoms with Crippen LogP contribution in [0.15, 0.2) is 42.6 Å². The zero-order valence-corrected chi connectivity index (χ0v) is 19.1. The molecule has 3 rings (SSSR count). The summed E-state index contributed by atoms with van der Waals surface area (Å²) in [7, 11) is 1.66. The Hall–Kier alpha value is -3.77. The smallest absolute Gasteiger partial charge is 0.251 e. The van der Waals surface area contributed by atoms with Crippen LogP contribution < -0.4 is 20.9 Å². The quantitative estimate of drug-likeness (QED) is 0.590. The second-order valence-electron chi connectivity index (χ2n) is 8.30. The summed E-state index contributed by atoms with van der Waals surface area (Å²) in [5.41, 5.74) is 1.46. The van der Waals surface area contributed by atoms with E-state index in [9.17, 15) is 19.6 Å². The van der Waals surface area contributed by atoms with Crippen molar-refractivity contribution in [3.05, 3.63) is 53.7 Å². The van der Waals surface area contributed by atoms with Crippen LogP contribution in [0.3, 0.4) is 0 Å². The van der Waals surface area contributed by atoms with E-state index >= 15 is 0 Å². The zero-order valence-electron chi connectivity index (χ0n) is 19.1. The summed E-state index contributed by atoms with van der Waals surface area (Å²) < 4.78 is 0. The number of rotatable bonds is 7. The van der Waals surface area contributed by atoms with Crippen molar-refractivity contribution < 1.29 is 14.4 Å². The predicted molar refractivity (Wildman–Crippen MR) is 124 cm³/mol. The normalized spacial score (nSPS) is 16.5. The van der Waals surface area contributed by atoms with E-state index in [1.165, 1.54) is 4.90 Å². The highest BCUT2D eigenvalue weighted by Crippen LogP contribution is 2.32. The Bertz CT molecular complexity index is 1090. The molecule has 1 aliphatic rings. The summed E-state index contributed by atoms with van der Waals surface area (Å²) >= 11 is 0. The Balaban J connectivity index is 1.93. The number of pyridine rings is 1. The zero-order chi connectivity index (χ0) is 24.1. The number of likely N-dealkylation sites (N-methyl/N-ethyl adjacent to an activating group) is 1. The topological polar surface area (TPSA) is 127 Å². The molecule has 9 heteroatoms. The van der Waals surface area contributed by atoms with Crippen LogP contribution in [0.5, 0.6) is 0 Å². The summed E-state index contributed by atoms with van der Waals surface area (Å²) in [6, 6.07) is 10.1. The molecule has 0 radical (unpaired) electrons. The SMILES string of the molecule is CN[C@@H](C)C(=O)NC(C(=O)N1c2ncccc2CC1C(=O)Nc1ccccc1C#N)C(C)C. The van der Waals surface area contributed by atoms with Crippen LogP contribution >= 0.6 is 0 Å². The number of nitriles is 1. The Labute approximate surface area is 193 Å². The van der Waals surface area contributed by atoms with Gasteiger partial charge in [0.2, 0.25) is 11.8 Å². The summed E-state index contributed by atoms with van der Waals surface area (Å²) in [6.45, 7) is 5.37. The monoisotopic (exact) mass is 448 g/mol. The van der Waals surface area contributed by atoms with Gasteiger partial charge in [-0.05, 0) is 43.7 Å². The molecule has 0 bridgehead atoms. The molecule has 2 aromatic rings. The molecule has 2 heterocycles. The first-order valence-corrected chi connectivity index (χ1v) is 10.8. The van der Waals surface area contributed by atoms with Gasteiger partial charge in [-0.15, -0.1) is 0 Å². The molecule has 3 N–H and O–H groups in total. The first-order chi connectivity index (χ1) is 15.8. The van der Waals surface area contributed by atoms with E-state index in [2.05, 4.69) is 27.0 Å². The molecule has 0 saturated carbocycles. The number of benzene rings is 1. The van der Waals surface area contributed by atoms with E-state index in [0.29, 0.717) is 17.1 Å². The van der Waals surface area contributed by atoms with Crippen molar-refractivity contribution in [1.82, 2.24) is 15.6 Å². The third-order valence-electron chi connectivity index (χ3n) is 5.72. The lowest BCUT2D eigenvalue weighted by Gasteiger charge is -2.31. The van der Waals surface area contributed by atoms with Gasteiger partial charge in [0.1, 0.15) is 24.0 Å². The van der Waals surface area contributed by atoms with Gasteiger partial charge in [-0.2, -0.15) is 5.26 Å². The molecule has 0 saturated heterocycles. The number of nitrogens with zero attached hydrogens (tertiary/aromatic N) is 3. The van der Waals surface area contributed by atoms with Crippen molar-refractivity contribution in [3.8, 4) is 6.07 Å². The van der Waals surface area contributed by atoms with E-state index < -0.39 is 29.9 Å². The molecular weight excluding hydrogens is 420 g/mol. The van der Waals surface area contributed by atoms with Crippen LogP contribution in [0.2, 0.25) is 0 Å². The number of aromatic nitrogens is 1. The van der Waals surface area contributed by atoms with Crippen LogP contribution in [0.4, 0.5) is 11.5 Å². The largest absolute Gasteiger partial charge is 0.343 e. The summed E-state index contributed by atoms with van der Waals surface area (Å²) in [6.07, 6.45) is 1.84. The number of carbonyl (C=O) groups is 3. The molecule has 172 valence electrons. The van der Waals surface area contributed by atoms with Gasteiger partial charge >= 0.3 is 0 Å². The molecule has 0 aliphatic carbocycles. The molecule has 3 atom stereocenters. The van der Waals surface area contributed by atoms with Crippen LogP contribution in [0.25, 0.3) is 0 Å². The number of anilines is 2. The van der Waals surface area contributed by atoms with Crippen molar-refractivity contribution in [3.63, 3.8) is 0 Å². The third kappa shape index (κ3) is 5.02. The number of nitrogens with one attached hydrogen (secondary N) is 3. The predicted octanol–water partition coefficient (Wildman–Crippen LogP) is 1.60. The Morgan fingerprint density at radius 2 is 1.88 bits per heavy atom. The number of amides is 3. The lowest BCUT2D eigenvalue weighted by atomic mass is 10.0. The number of carbonyl (C=O) groups excluding carboxylic acids is 3. The van der Waals surface area contributed by atoms with Crippen molar-refractivity contribution in [2.24, 2.45) is 5.92 Å². The van der Waals surface area contributed by atoms with E-state index in [1.807, 2.05) is 19.9 Å². The molecule has 0 spiro atoms. The van der Waals surface area contributed by atoms with Crippen molar-refractivity contribution >= 4 is 29.2 Å². The summed E-state index contributed by atoms with van der Waals surface area (Å²) in [5, 5.41) is 17.8. The van der Waals surface area contributed by atoms with Gasteiger partial charge < -0.3 is 16.0 Å². The molecule has 1 aromatic carbocycles. The maximum absolute atomic E-state index is 13.7. The molecule has 0 fully saturated rings. The maximum Gasteiger partial charge on any atom is 0.251 e.